The Labute approximate surface area is 151 Å². The smallest absolute Gasteiger partial charge is 0.354 e. The summed E-state index contributed by atoms with van der Waals surface area (Å²) in [7, 11) is 0. The highest BCUT2D eigenvalue weighted by molar-refractivity contribution is 5.67. The molecule has 0 aliphatic carbocycles. The summed E-state index contributed by atoms with van der Waals surface area (Å²) >= 11 is 0. The highest BCUT2D eigenvalue weighted by Gasteiger charge is 2.51. The molecular formula is C14H18N4O8. The van der Waals surface area contributed by atoms with Crippen molar-refractivity contribution < 1.29 is 37.4 Å². The Hall–Kier alpha value is -3.02. The van der Waals surface area contributed by atoms with Crippen molar-refractivity contribution in [3.05, 3.63) is 16.8 Å². The topological polar surface area (TPSA) is 162 Å². The monoisotopic (exact) mass is 373 g/mol. The lowest BCUT2D eigenvalue weighted by atomic mass is 10.1. The van der Waals surface area contributed by atoms with E-state index < -0.39 is 75.4 Å². The van der Waals surface area contributed by atoms with Crippen LogP contribution in [0.25, 0.3) is 0 Å². The van der Waals surface area contributed by atoms with Crippen molar-refractivity contribution in [2.45, 2.75) is 45.2 Å². The third-order valence-electron chi connectivity index (χ3n) is 3.25. The zero-order chi connectivity index (χ0) is 21.6. The number of carbonyl (C=O) groups is 3. The fourth-order valence-corrected chi connectivity index (χ4v) is 2.34. The van der Waals surface area contributed by atoms with Gasteiger partial charge >= 0.3 is 23.6 Å². The van der Waals surface area contributed by atoms with Gasteiger partial charge in [-0.2, -0.15) is 4.98 Å². The van der Waals surface area contributed by atoms with Crippen LogP contribution in [-0.2, 0) is 33.3 Å². The molecule has 0 amide bonds. The predicted octanol–water partition coefficient (Wildman–Crippen LogP) is -1.46. The lowest BCUT2D eigenvalue weighted by molar-refractivity contribution is -0.166. The number of rotatable bonds is 5. The van der Waals surface area contributed by atoms with E-state index in [-0.39, 0.29) is 5.95 Å². The molecule has 142 valence electrons. The van der Waals surface area contributed by atoms with E-state index in [0.29, 0.717) is 0 Å². The molecule has 0 aromatic carbocycles. The largest absolute Gasteiger partial charge is 0.463 e. The minimum absolute atomic E-state index is 0.318. The first-order valence-electron chi connectivity index (χ1n) is 9.21. The van der Waals surface area contributed by atoms with Gasteiger partial charge in [0, 0.05) is 24.8 Å². The molecule has 1 fully saturated rings. The Morgan fingerprint density at radius 2 is 1.88 bits per heavy atom. The summed E-state index contributed by atoms with van der Waals surface area (Å²) in [6.45, 7) is -2.70. The quantitative estimate of drug-likeness (QED) is 0.474. The third kappa shape index (κ3) is 4.53. The predicted molar refractivity (Wildman–Crippen MR) is 82.4 cm³/mol. The molecule has 2 rings (SSSR count). The number of carbonyl (C=O) groups excluding carboxylic acids is 3. The minimum Gasteiger partial charge on any atom is -0.463 e. The molecule has 1 aliphatic rings. The number of nitrogen functional groups attached to an aromatic ring is 1. The number of ether oxygens (including phenoxy) is 4. The van der Waals surface area contributed by atoms with Crippen molar-refractivity contribution in [3.63, 3.8) is 0 Å². The van der Waals surface area contributed by atoms with Crippen LogP contribution in [0.1, 0.15) is 31.0 Å². The van der Waals surface area contributed by atoms with E-state index in [1.165, 1.54) is 0 Å². The summed E-state index contributed by atoms with van der Waals surface area (Å²) in [5.74, 6) is -3.22. The Morgan fingerprint density at radius 1 is 1.23 bits per heavy atom. The van der Waals surface area contributed by atoms with Crippen molar-refractivity contribution in [3.8, 4) is 0 Å². The van der Waals surface area contributed by atoms with Gasteiger partial charge in [-0.25, -0.2) is 9.78 Å². The molecule has 2 N–H and O–H groups in total. The van der Waals surface area contributed by atoms with Crippen LogP contribution < -0.4 is 11.4 Å². The summed E-state index contributed by atoms with van der Waals surface area (Å²) in [5.41, 5.74) is 4.43. The summed E-state index contributed by atoms with van der Waals surface area (Å²) < 4.78 is 42.7. The maximum Gasteiger partial charge on any atom is 0.354 e. The second-order valence-electron chi connectivity index (χ2n) is 5.06. The zero-order valence-corrected chi connectivity index (χ0v) is 13.4. The summed E-state index contributed by atoms with van der Waals surface area (Å²) in [6.07, 6.45) is -4.46. The Morgan fingerprint density at radius 3 is 2.50 bits per heavy atom. The van der Waals surface area contributed by atoms with E-state index in [4.69, 9.17) is 28.8 Å². The fourth-order valence-electron chi connectivity index (χ4n) is 2.34. The molecule has 1 aromatic heterocycles. The summed E-state index contributed by atoms with van der Waals surface area (Å²) in [5, 5.41) is 0. The van der Waals surface area contributed by atoms with Crippen LogP contribution in [0.5, 0.6) is 0 Å². The number of hydrogen-bond donors (Lipinski definition) is 1. The molecule has 26 heavy (non-hydrogen) atoms. The van der Waals surface area contributed by atoms with Crippen molar-refractivity contribution >= 4 is 23.9 Å². The molecular weight excluding hydrogens is 352 g/mol. The van der Waals surface area contributed by atoms with Crippen LogP contribution in [0.15, 0.2) is 11.1 Å². The third-order valence-corrected chi connectivity index (χ3v) is 3.25. The van der Waals surface area contributed by atoms with E-state index >= 15 is 0 Å². The van der Waals surface area contributed by atoms with Crippen LogP contribution in [-0.4, -0.2) is 57.4 Å². The number of esters is 3. The number of anilines is 1. The van der Waals surface area contributed by atoms with Crippen molar-refractivity contribution in [1.29, 1.82) is 0 Å². The van der Waals surface area contributed by atoms with E-state index in [0.717, 1.165) is 10.9 Å². The molecule has 0 bridgehead atoms. The zero-order valence-electron chi connectivity index (χ0n) is 16.4. The van der Waals surface area contributed by atoms with Gasteiger partial charge in [-0.3, -0.25) is 19.0 Å². The number of nitrogens with two attached hydrogens (primary N) is 1. The highest BCUT2D eigenvalue weighted by Crippen LogP contribution is 2.33. The molecule has 1 aromatic rings. The van der Waals surface area contributed by atoms with Gasteiger partial charge in [-0.15, -0.1) is 0 Å². The Balaban J connectivity index is 2.40. The number of hydrogen-bond acceptors (Lipinski definition) is 11. The second-order valence-corrected chi connectivity index (χ2v) is 5.06. The fraction of sp³-hybridized carbons (Fsp3) is 0.571. The van der Waals surface area contributed by atoms with Gasteiger partial charge in [0.15, 0.2) is 18.4 Å². The van der Waals surface area contributed by atoms with Gasteiger partial charge in [-0.05, 0) is 0 Å². The van der Waals surface area contributed by atoms with Crippen molar-refractivity contribution in [2.75, 3.05) is 12.3 Å². The van der Waals surface area contributed by atoms with Crippen molar-refractivity contribution in [2.24, 2.45) is 0 Å². The molecule has 0 saturated carbocycles. The van der Waals surface area contributed by atoms with Gasteiger partial charge in [0.1, 0.15) is 19.0 Å². The standard InChI is InChI=1S/C14H18N4O8/c1-6(19)23-4-9-10(24-7(2)20)11(25-8(3)21)12(26-9)18-5-16-13(15)17-14(18)22/h5,9-12H,4H2,1-3H3,(H2,15,17,22)/t9-,10-,11-,12?/m1/s1/i1D,2D,3D. The number of nitrogens with zero attached hydrogens (tertiary/aromatic N) is 3. The maximum atomic E-state index is 12.2. The summed E-state index contributed by atoms with van der Waals surface area (Å²) in [4.78, 5) is 53.9. The van der Waals surface area contributed by atoms with E-state index in [9.17, 15) is 19.2 Å². The van der Waals surface area contributed by atoms with Gasteiger partial charge in [-0.1, -0.05) is 0 Å². The maximum absolute atomic E-state index is 12.2. The molecule has 12 nitrogen and oxygen atoms in total. The van der Waals surface area contributed by atoms with Gasteiger partial charge in [0.05, 0.1) is 0 Å². The molecule has 0 radical (unpaired) electrons. The second kappa shape index (κ2) is 7.91. The van der Waals surface area contributed by atoms with Gasteiger partial charge in [0.2, 0.25) is 5.95 Å². The van der Waals surface area contributed by atoms with Crippen LogP contribution in [0.4, 0.5) is 5.95 Å². The number of aromatic nitrogens is 3. The lowest BCUT2D eigenvalue weighted by Crippen LogP contribution is -2.42. The van der Waals surface area contributed by atoms with Crippen LogP contribution in [0, 0.1) is 0 Å². The van der Waals surface area contributed by atoms with E-state index in [2.05, 4.69) is 9.97 Å². The van der Waals surface area contributed by atoms with Gasteiger partial charge < -0.3 is 24.7 Å². The first-order valence-corrected chi connectivity index (χ1v) is 7.09. The minimum atomic E-state index is -1.44. The first-order chi connectivity index (χ1) is 13.8. The average molecular weight is 373 g/mol. The molecule has 0 spiro atoms. The van der Waals surface area contributed by atoms with Crippen LogP contribution in [0.3, 0.4) is 0 Å². The summed E-state index contributed by atoms with van der Waals surface area (Å²) in [6, 6.07) is 0. The Kier molecular flexibility index (Phi) is 4.64. The molecule has 2 heterocycles. The van der Waals surface area contributed by atoms with Gasteiger partial charge in [0.25, 0.3) is 0 Å². The molecule has 4 atom stereocenters. The SMILES string of the molecule is [2H]CC(=O)OC[C@H]1OC(n2cnc(N)nc2=O)[C@H](OC(=O)C[2H])[C@@H]1OC(=O)C[2H]. The van der Waals surface area contributed by atoms with Crippen LogP contribution >= 0.6 is 0 Å². The molecule has 12 heteroatoms. The van der Waals surface area contributed by atoms with E-state index in [1.807, 2.05) is 0 Å². The average Bonchev–Trinajstić information content (AvgIpc) is 3.02. The van der Waals surface area contributed by atoms with E-state index in [1.54, 1.807) is 0 Å². The molecule has 1 unspecified atom stereocenters. The van der Waals surface area contributed by atoms with Crippen molar-refractivity contribution in [1.82, 2.24) is 14.5 Å². The highest BCUT2D eigenvalue weighted by atomic mass is 16.7. The molecule has 1 saturated heterocycles. The first kappa shape index (κ1) is 15.3. The normalized spacial score (nSPS) is 26.2. The Bertz CT molecular complexity index is 822. The lowest BCUT2D eigenvalue weighted by Gasteiger charge is -2.23. The van der Waals surface area contributed by atoms with Crippen LogP contribution in [0.2, 0.25) is 0 Å². The molecule has 1 aliphatic heterocycles.